The second kappa shape index (κ2) is 5.51. The predicted molar refractivity (Wildman–Crippen MR) is 74.3 cm³/mol. The Morgan fingerprint density at radius 3 is 2.43 bits per heavy atom. The number of carbonyl (C=O) groups excluding carboxylic acids is 1. The summed E-state index contributed by atoms with van der Waals surface area (Å²) >= 11 is 0. The molecule has 0 aromatic heterocycles. The van der Waals surface area contributed by atoms with E-state index in [-0.39, 0.29) is 16.5 Å². The molecular formula is C14H16N2O5. The fraction of sp³-hybridized carbons (Fsp3) is 0.429. The van der Waals surface area contributed by atoms with Gasteiger partial charge in [-0.3, -0.25) is 14.9 Å². The Morgan fingerprint density at radius 2 is 1.95 bits per heavy atom. The van der Waals surface area contributed by atoms with Crippen molar-refractivity contribution in [2.45, 2.75) is 26.2 Å². The van der Waals surface area contributed by atoms with Crippen molar-refractivity contribution in [3.8, 4) is 0 Å². The molecule has 21 heavy (non-hydrogen) atoms. The van der Waals surface area contributed by atoms with Crippen LogP contribution in [0, 0.1) is 15.5 Å². The summed E-state index contributed by atoms with van der Waals surface area (Å²) in [6.07, 6.45) is 3.07. The summed E-state index contributed by atoms with van der Waals surface area (Å²) < 4.78 is 0. The molecule has 0 saturated heterocycles. The number of hydrogen-bond donors (Lipinski definition) is 2. The van der Waals surface area contributed by atoms with Crippen molar-refractivity contribution in [1.82, 2.24) is 5.32 Å². The fourth-order valence-corrected chi connectivity index (χ4v) is 2.17. The number of nitro groups is 1. The lowest BCUT2D eigenvalue weighted by Gasteiger charge is -2.13. The van der Waals surface area contributed by atoms with Crippen molar-refractivity contribution in [2.75, 3.05) is 6.54 Å². The number of non-ortho nitro benzene ring substituents is 1. The first-order valence-electron chi connectivity index (χ1n) is 6.68. The van der Waals surface area contributed by atoms with Crippen molar-refractivity contribution < 1.29 is 19.6 Å². The quantitative estimate of drug-likeness (QED) is 0.617. The standard InChI is InChI=1S/C14H16N2O5/c1-2-14(3-4-14)8-15-12(17)9-5-10(13(18)19)7-11(6-9)16(20)21/h5-7H,2-4,8H2,1H3,(H,15,17)(H,18,19). The number of rotatable bonds is 6. The summed E-state index contributed by atoms with van der Waals surface area (Å²) in [5.74, 6) is -1.79. The van der Waals surface area contributed by atoms with E-state index in [9.17, 15) is 19.7 Å². The number of carbonyl (C=O) groups is 2. The summed E-state index contributed by atoms with van der Waals surface area (Å²) in [5.41, 5.74) is -0.539. The van der Waals surface area contributed by atoms with Gasteiger partial charge in [0.05, 0.1) is 10.5 Å². The highest BCUT2D eigenvalue weighted by Gasteiger charge is 2.40. The van der Waals surface area contributed by atoms with Crippen LogP contribution >= 0.6 is 0 Å². The van der Waals surface area contributed by atoms with Gasteiger partial charge < -0.3 is 10.4 Å². The van der Waals surface area contributed by atoms with Crippen LogP contribution < -0.4 is 5.32 Å². The van der Waals surface area contributed by atoms with Crippen LogP contribution in [0.4, 0.5) is 5.69 Å². The van der Waals surface area contributed by atoms with Crippen LogP contribution in [0.3, 0.4) is 0 Å². The molecule has 1 aliphatic rings. The number of nitro benzene ring substituents is 1. The lowest BCUT2D eigenvalue weighted by molar-refractivity contribution is -0.384. The van der Waals surface area contributed by atoms with Crippen LogP contribution in [0.1, 0.15) is 46.9 Å². The first kappa shape index (κ1) is 15.0. The summed E-state index contributed by atoms with van der Waals surface area (Å²) in [4.78, 5) is 33.1. The average molecular weight is 292 g/mol. The lowest BCUT2D eigenvalue weighted by Crippen LogP contribution is -2.30. The number of benzene rings is 1. The number of aromatic carboxylic acids is 1. The van der Waals surface area contributed by atoms with E-state index >= 15 is 0 Å². The largest absolute Gasteiger partial charge is 0.478 e. The Bertz CT molecular complexity index is 575. The smallest absolute Gasteiger partial charge is 0.335 e. The van der Waals surface area contributed by atoms with Gasteiger partial charge >= 0.3 is 5.97 Å². The number of carboxylic acids is 1. The Labute approximate surface area is 121 Å². The highest BCUT2D eigenvalue weighted by Crippen LogP contribution is 2.47. The molecular weight excluding hydrogens is 276 g/mol. The Hall–Kier alpha value is -2.44. The van der Waals surface area contributed by atoms with Gasteiger partial charge in [0.2, 0.25) is 0 Å². The first-order chi connectivity index (χ1) is 9.87. The van der Waals surface area contributed by atoms with E-state index in [4.69, 9.17) is 5.11 Å². The third-order valence-electron chi connectivity index (χ3n) is 3.97. The van der Waals surface area contributed by atoms with Crippen molar-refractivity contribution >= 4 is 17.6 Å². The molecule has 7 nitrogen and oxygen atoms in total. The highest BCUT2D eigenvalue weighted by molar-refractivity contribution is 5.98. The van der Waals surface area contributed by atoms with Gasteiger partial charge in [-0.15, -0.1) is 0 Å². The molecule has 1 aromatic carbocycles. The molecule has 1 fully saturated rings. The molecule has 0 radical (unpaired) electrons. The van der Waals surface area contributed by atoms with Crippen molar-refractivity contribution in [2.24, 2.45) is 5.41 Å². The number of hydrogen-bond acceptors (Lipinski definition) is 4. The average Bonchev–Trinajstić information content (AvgIpc) is 3.24. The Kier molecular flexibility index (Phi) is 3.93. The van der Waals surface area contributed by atoms with E-state index in [1.54, 1.807) is 0 Å². The summed E-state index contributed by atoms with van der Waals surface area (Å²) in [6.45, 7) is 2.56. The molecule has 1 saturated carbocycles. The molecule has 0 bridgehead atoms. The molecule has 1 aliphatic carbocycles. The van der Waals surface area contributed by atoms with E-state index in [1.165, 1.54) is 0 Å². The SMILES string of the molecule is CCC1(CNC(=O)c2cc(C(=O)O)cc([N+](=O)[O-])c2)CC1. The second-order valence-corrected chi connectivity index (χ2v) is 5.37. The topological polar surface area (TPSA) is 110 Å². The van der Waals surface area contributed by atoms with Gasteiger partial charge in [0, 0.05) is 24.2 Å². The normalized spacial score (nSPS) is 15.3. The zero-order valence-corrected chi connectivity index (χ0v) is 11.6. The molecule has 7 heteroatoms. The zero-order chi connectivity index (χ0) is 15.6. The Balaban J connectivity index is 2.19. The van der Waals surface area contributed by atoms with Crippen molar-refractivity contribution in [3.63, 3.8) is 0 Å². The van der Waals surface area contributed by atoms with Crippen LogP contribution in [-0.4, -0.2) is 28.5 Å². The summed E-state index contributed by atoms with van der Waals surface area (Å²) in [7, 11) is 0. The number of nitrogens with zero attached hydrogens (tertiary/aromatic N) is 1. The third-order valence-corrected chi connectivity index (χ3v) is 3.97. The molecule has 0 aliphatic heterocycles. The number of amides is 1. The zero-order valence-electron chi connectivity index (χ0n) is 11.6. The summed E-state index contributed by atoms with van der Waals surface area (Å²) in [6, 6.07) is 3.18. The van der Waals surface area contributed by atoms with Gasteiger partial charge in [0.15, 0.2) is 0 Å². The van der Waals surface area contributed by atoms with Gasteiger partial charge in [-0.25, -0.2) is 4.79 Å². The van der Waals surface area contributed by atoms with Crippen LogP contribution in [-0.2, 0) is 0 Å². The minimum Gasteiger partial charge on any atom is -0.478 e. The first-order valence-corrected chi connectivity index (χ1v) is 6.68. The van der Waals surface area contributed by atoms with Crippen molar-refractivity contribution in [1.29, 1.82) is 0 Å². The molecule has 0 unspecified atom stereocenters. The highest BCUT2D eigenvalue weighted by atomic mass is 16.6. The van der Waals surface area contributed by atoms with E-state index < -0.39 is 22.5 Å². The number of nitrogens with one attached hydrogen (secondary N) is 1. The molecule has 0 spiro atoms. The van der Waals surface area contributed by atoms with Crippen LogP contribution in [0.25, 0.3) is 0 Å². The molecule has 2 N–H and O–H groups in total. The van der Waals surface area contributed by atoms with Gasteiger partial charge in [0.1, 0.15) is 0 Å². The van der Waals surface area contributed by atoms with Crippen LogP contribution in [0.5, 0.6) is 0 Å². The molecule has 2 rings (SSSR count). The third kappa shape index (κ3) is 3.36. The minimum absolute atomic E-state index is 0.00602. The summed E-state index contributed by atoms with van der Waals surface area (Å²) in [5, 5.41) is 22.5. The lowest BCUT2D eigenvalue weighted by atomic mass is 10.0. The maximum Gasteiger partial charge on any atom is 0.335 e. The predicted octanol–water partition coefficient (Wildman–Crippen LogP) is 2.21. The van der Waals surface area contributed by atoms with Gasteiger partial charge in [-0.05, 0) is 30.7 Å². The molecule has 0 heterocycles. The fourth-order valence-electron chi connectivity index (χ4n) is 2.17. The molecule has 1 aromatic rings. The van der Waals surface area contributed by atoms with Gasteiger partial charge in [0.25, 0.3) is 11.6 Å². The molecule has 112 valence electrons. The Morgan fingerprint density at radius 1 is 1.33 bits per heavy atom. The number of carboxylic acid groups (broad SMARTS) is 1. The van der Waals surface area contributed by atoms with E-state index in [0.29, 0.717) is 6.54 Å². The monoisotopic (exact) mass is 292 g/mol. The maximum absolute atomic E-state index is 12.1. The van der Waals surface area contributed by atoms with Gasteiger partial charge in [-0.2, -0.15) is 0 Å². The minimum atomic E-state index is -1.31. The van der Waals surface area contributed by atoms with Gasteiger partial charge in [-0.1, -0.05) is 6.92 Å². The maximum atomic E-state index is 12.1. The van der Waals surface area contributed by atoms with Crippen molar-refractivity contribution in [3.05, 3.63) is 39.4 Å². The van der Waals surface area contributed by atoms with E-state index in [2.05, 4.69) is 12.2 Å². The molecule has 1 amide bonds. The van der Waals surface area contributed by atoms with Crippen LogP contribution in [0.2, 0.25) is 0 Å². The van der Waals surface area contributed by atoms with E-state index in [1.807, 2.05) is 0 Å². The second-order valence-electron chi connectivity index (χ2n) is 5.37. The van der Waals surface area contributed by atoms with Crippen LogP contribution in [0.15, 0.2) is 18.2 Å². The van der Waals surface area contributed by atoms with E-state index in [0.717, 1.165) is 37.5 Å². The molecule has 0 atom stereocenters.